The lowest BCUT2D eigenvalue weighted by Gasteiger charge is -2.08. The van der Waals surface area contributed by atoms with Crippen LogP contribution in [0.4, 0.5) is 0 Å². The Morgan fingerprint density at radius 1 is 1.26 bits per heavy atom. The lowest BCUT2D eigenvalue weighted by Crippen LogP contribution is -2.08. The van der Waals surface area contributed by atoms with Gasteiger partial charge in [-0.15, -0.1) is 23.1 Å². The molecule has 0 spiro atoms. The van der Waals surface area contributed by atoms with Crippen molar-refractivity contribution < 1.29 is 4.74 Å². The Balaban J connectivity index is 1.67. The van der Waals surface area contributed by atoms with Gasteiger partial charge in [-0.1, -0.05) is 30.3 Å². The van der Waals surface area contributed by atoms with Crippen LogP contribution in [0.2, 0.25) is 0 Å². The molecule has 0 unspecified atom stereocenters. The molecule has 1 saturated heterocycles. The van der Waals surface area contributed by atoms with Crippen LogP contribution in [0.3, 0.4) is 0 Å². The maximum Gasteiger partial charge on any atom is 0.128 e. The molecule has 3 nitrogen and oxygen atoms in total. The molecule has 1 fully saturated rings. The predicted octanol–water partition coefficient (Wildman–Crippen LogP) is 4.94. The number of hydrogen-bond acceptors (Lipinski definition) is 5. The first kappa shape index (κ1) is 15.1. The molecular formula is C18H18N2OS2. The number of thioether (sulfide) groups is 1. The summed E-state index contributed by atoms with van der Waals surface area (Å²) in [7, 11) is 0. The molecule has 0 radical (unpaired) electrons. The Kier molecular flexibility index (Phi) is 4.33. The van der Waals surface area contributed by atoms with Gasteiger partial charge in [-0.25, -0.2) is 9.97 Å². The van der Waals surface area contributed by atoms with Crippen LogP contribution in [0.5, 0.6) is 0 Å². The second-order valence-corrected chi connectivity index (χ2v) is 7.76. The van der Waals surface area contributed by atoms with Gasteiger partial charge in [-0.05, 0) is 31.4 Å². The van der Waals surface area contributed by atoms with Crippen LogP contribution in [0.1, 0.15) is 18.7 Å². The third-order valence-corrected chi connectivity index (χ3v) is 6.16. The summed E-state index contributed by atoms with van der Waals surface area (Å²) >= 11 is 3.54. The van der Waals surface area contributed by atoms with Crippen molar-refractivity contribution in [1.82, 2.24) is 9.97 Å². The normalized spacial score (nSPS) is 17.9. The van der Waals surface area contributed by atoms with Crippen LogP contribution in [0.25, 0.3) is 20.7 Å². The summed E-state index contributed by atoms with van der Waals surface area (Å²) in [6, 6.07) is 12.7. The van der Waals surface area contributed by atoms with Crippen molar-refractivity contribution in [2.45, 2.75) is 30.9 Å². The second kappa shape index (κ2) is 6.59. The first-order valence-corrected chi connectivity index (χ1v) is 9.68. The summed E-state index contributed by atoms with van der Waals surface area (Å²) in [5, 5.41) is 2.25. The molecule has 0 N–H and O–H groups in total. The highest BCUT2D eigenvalue weighted by molar-refractivity contribution is 7.99. The van der Waals surface area contributed by atoms with Crippen LogP contribution in [-0.2, 0) is 4.74 Å². The number of fused-ring (bicyclic) bond motifs is 1. The highest BCUT2D eigenvalue weighted by Gasteiger charge is 2.18. The zero-order chi connectivity index (χ0) is 15.6. The van der Waals surface area contributed by atoms with E-state index in [0.717, 1.165) is 28.0 Å². The number of rotatable bonds is 4. The summed E-state index contributed by atoms with van der Waals surface area (Å²) in [5.41, 5.74) is 1.24. The Bertz CT molecular complexity index is 811. The van der Waals surface area contributed by atoms with E-state index in [1.165, 1.54) is 28.7 Å². The minimum absolute atomic E-state index is 0.373. The average molecular weight is 342 g/mol. The second-order valence-electron chi connectivity index (χ2n) is 5.72. The van der Waals surface area contributed by atoms with E-state index >= 15 is 0 Å². The van der Waals surface area contributed by atoms with Gasteiger partial charge >= 0.3 is 0 Å². The molecule has 0 aliphatic carbocycles. The van der Waals surface area contributed by atoms with Crippen LogP contribution < -0.4 is 0 Å². The standard InChI is InChI=1S/C18H18N2OS2/c1-12-19-17(22-11-14-8-5-9-21-14)15-10-16(23-18(15)20-12)13-6-3-2-4-7-13/h2-4,6-7,10,14H,5,8-9,11H2,1H3/t14-/m1/s1. The number of aromatic nitrogens is 2. The Hall–Kier alpha value is -1.43. The molecule has 1 aliphatic heterocycles. The van der Waals surface area contributed by atoms with Gasteiger partial charge in [-0.3, -0.25) is 0 Å². The molecule has 23 heavy (non-hydrogen) atoms. The summed E-state index contributed by atoms with van der Waals surface area (Å²) in [4.78, 5) is 11.6. The topological polar surface area (TPSA) is 35.0 Å². The molecule has 4 rings (SSSR count). The fraction of sp³-hybridized carbons (Fsp3) is 0.333. The number of hydrogen-bond donors (Lipinski definition) is 0. The highest BCUT2D eigenvalue weighted by Crippen LogP contribution is 2.37. The van der Waals surface area contributed by atoms with Gasteiger partial charge in [0.05, 0.1) is 6.10 Å². The van der Waals surface area contributed by atoms with E-state index in [4.69, 9.17) is 4.74 Å². The van der Waals surface area contributed by atoms with Crippen molar-refractivity contribution in [2.24, 2.45) is 0 Å². The minimum atomic E-state index is 0.373. The number of nitrogens with zero attached hydrogens (tertiary/aromatic N) is 2. The first-order valence-electron chi connectivity index (χ1n) is 7.87. The van der Waals surface area contributed by atoms with E-state index in [-0.39, 0.29) is 0 Å². The fourth-order valence-corrected chi connectivity index (χ4v) is 5.06. The Labute approximate surface area is 144 Å². The third kappa shape index (κ3) is 3.27. The van der Waals surface area contributed by atoms with Gasteiger partial charge in [0.2, 0.25) is 0 Å². The molecular weight excluding hydrogens is 324 g/mol. The predicted molar refractivity (Wildman–Crippen MR) is 97.3 cm³/mol. The maximum atomic E-state index is 5.73. The summed E-state index contributed by atoms with van der Waals surface area (Å²) < 4.78 is 5.73. The van der Waals surface area contributed by atoms with Crippen molar-refractivity contribution in [3.8, 4) is 10.4 Å². The zero-order valence-corrected chi connectivity index (χ0v) is 14.6. The quantitative estimate of drug-likeness (QED) is 0.497. The van der Waals surface area contributed by atoms with E-state index in [0.29, 0.717) is 6.10 Å². The smallest absolute Gasteiger partial charge is 0.128 e. The molecule has 3 aromatic rings. The van der Waals surface area contributed by atoms with Crippen LogP contribution in [-0.4, -0.2) is 28.4 Å². The van der Waals surface area contributed by atoms with Gasteiger partial charge in [0.15, 0.2) is 0 Å². The maximum absolute atomic E-state index is 5.73. The molecule has 0 bridgehead atoms. The molecule has 1 atom stereocenters. The molecule has 1 aromatic carbocycles. The molecule has 1 aliphatic rings. The van der Waals surface area contributed by atoms with Crippen LogP contribution in [0.15, 0.2) is 41.4 Å². The van der Waals surface area contributed by atoms with Gasteiger partial charge in [0.1, 0.15) is 15.7 Å². The van der Waals surface area contributed by atoms with Crippen molar-refractivity contribution in [3.63, 3.8) is 0 Å². The van der Waals surface area contributed by atoms with Crippen molar-refractivity contribution in [2.75, 3.05) is 12.4 Å². The molecule has 118 valence electrons. The SMILES string of the molecule is Cc1nc(SC[C@H]2CCCO2)c2cc(-c3ccccc3)sc2n1. The zero-order valence-electron chi connectivity index (χ0n) is 13.0. The van der Waals surface area contributed by atoms with Gasteiger partial charge in [-0.2, -0.15) is 0 Å². The van der Waals surface area contributed by atoms with Gasteiger partial charge in [0.25, 0.3) is 0 Å². The van der Waals surface area contributed by atoms with Crippen LogP contribution >= 0.6 is 23.1 Å². The van der Waals surface area contributed by atoms with Crippen LogP contribution in [0, 0.1) is 6.92 Å². The number of benzene rings is 1. The number of thiophene rings is 1. The van der Waals surface area contributed by atoms with E-state index in [9.17, 15) is 0 Å². The van der Waals surface area contributed by atoms with Crippen molar-refractivity contribution >= 4 is 33.3 Å². The van der Waals surface area contributed by atoms with E-state index in [1.54, 1.807) is 23.1 Å². The molecule has 5 heteroatoms. The lowest BCUT2D eigenvalue weighted by molar-refractivity contribution is 0.129. The molecule has 0 saturated carbocycles. The highest BCUT2D eigenvalue weighted by atomic mass is 32.2. The fourth-order valence-electron chi connectivity index (χ4n) is 2.80. The third-order valence-electron chi connectivity index (χ3n) is 3.96. The average Bonchev–Trinajstić information content (AvgIpc) is 3.22. The van der Waals surface area contributed by atoms with Crippen molar-refractivity contribution in [3.05, 3.63) is 42.2 Å². The first-order chi connectivity index (χ1) is 11.3. The summed E-state index contributed by atoms with van der Waals surface area (Å²) in [6.45, 7) is 2.87. The lowest BCUT2D eigenvalue weighted by atomic mass is 10.2. The molecule has 0 amide bonds. The largest absolute Gasteiger partial charge is 0.377 e. The van der Waals surface area contributed by atoms with Gasteiger partial charge < -0.3 is 4.74 Å². The van der Waals surface area contributed by atoms with E-state index < -0.39 is 0 Å². The molecule has 2 aromatic heterocycles. The van der Waals surface area contributed by atoms with E-state index in [2.05, 4.69) is 40.3 Å². The Morgan fingerprint density at radius 3 is 2.91 bits per heavy atom. The number of aryl methyl sites for hydroxylation is 1. The monoisotopic (exact) mass is 342 g/mol. The molecule has 3 heterocycles. The number of ether oxygens (including phenoxy) is 1. The van der Waals surface area contributed by atoms with Gasteiger partial charge in [0, 0.05) is 22.6 Å². The minimum Gasteiger partial charge on any atom is -0.377 e. The Morgan fingerprint density at radius 2 is 2.13 bits per heavy atom. The van der Waals surface area contributed by atoms with Crippen molar-refractivity contribution in [1.29, 1.82) is 0 Å². The summed E-state index contributed by atoms with van der Waals surface area (Å²) in [5.74, 6) is 1.82. The van der Waals surface area contributed by atoms with E-state index in [1.807, 2.05) is 13.0 Å². The summed E-state index contributed by atoms with van der Waals surface area (Å²) in [6.07, 6.45) is 2.72.